The molecular weight excluding hydrogens is 367 g/mol. The van der Waals surface area contributed by atoms with E-state index in [9.17, 15) is 4.79 Å². The van der Waals surface area contributed by atoms with Crippen LogP contribution >= 0.6 is 7.82 Å². The van der Waals surface area contributed by atoms with Crippen LogP contribution in [0, 0.1) is 0 Å². The molecule has 0 unspecified atom stereocenters. The van der Waals surface area contributed by atoms with Crippen LogP contribution in [0.25, 0.3) is 0 Å². The summed E-state index contributed by atoms with van der Waals surface area (Å²) in [7, 11) is -4.64. The van der Waals surface area contributed by atoms with E-state index in [0.717, 1.165) is 32.1 Å². The normalized spacial score (nSPS) is 12.3. The second-order valence-electron chi connectivity index (χ2n) is 5.89. The van der Waals surface area contributed by atoms with Crippen molar-refractivity contribution in [3.05, 3.63) is 48.6 Å². The van der Waals surface area contributed by atoms with Crippen LogP contribution in [0.3, 0.4) is 0 Å². The molecule has 0 fully saturated rings. The third-order valence-corrected chi connectivity index (χ3v) is 3.22. The molecule has 0 aromatic heterocycles. The maximum absolute atomic E-state index is 10.3. The lowest BCUT2D eigenvalue weighted by Gasteiger charge is -1.90. The van der Waals surface area contributed by atoms with Crippen molar-refractivity contribution in [2.75, 3.05) is 0 Å². The van der Waals surface area contributed by atoms with Crippen LogP contribution < -0.4 is 0 Å². The first-order chi connectivity index (χ1) is 12.8. The molecule has 156 valence electrons. The second-order valence-corrected chi connectivity index (χ2v) is 6.91. The largest absolute Gasteiger partial charge is 0.481 e. The molecule has 0 heterocycles. The van der Waals surface area contributed by atoms with E-state index in [1.54, 1.807) is 0 Å². The fourth-order valence-electron chi connectivity index (χ4n) is 1.93. The lowest BCUT2D eigenvalue weighted by atomic mass is 10.2. The van der Waals surface area contributed by atoms with E-state index < -0.39 is 13.8 Å². The second kappa shape index (κ2) is 20.8. The monoisotopic (exact) mass is 402 g/mol. The molecule has 0 aliphatic carbocycles. The van der Waals surface area contributed by atoms with Crippen LogP contribution in [0.5, 0.6) is 0 Å². The molecule has 0 bridgehead atoms. The first kappa shape index (κ1) is 27.8. The number of hydrogen-bond donors (Lipinski definition) is 4. The highest BCUT2D eigenvalue weighted by atomic mass is 31.2. The zero-order chi connectivity index (χ0) is 20.8. The maximum atomic E-state index is 10.3. The molecule has 27 heavy (non-hydrogen) atoms. The number of carboxylic acid groups (broad SMARTS) is 1. The third-order valence-electron chi connectivity index (χ3n) is 3.22. The van der Waals surface area contributed by atoms with E-state index >= 15 is 0 Å². The van der Waals surface area contributed by atoms with Gasteiger partial charge < -0.3 is 19.8 Å². The quantitative estimate of drug-likeness (QED) is 0.178. The van der Waals surface area contributed by atoms with Crippen LogP contribution in [-0.4, -0.2) is 25.8 Å². The molecular formula is C20H35O6P. The average molecular weight is 402 g/mol. The smallest absolute Gasteiger partial charge is 0.466 e. The molecule has 0 saturated heterocycles. The van der Waals surface area contributed by atoms with Crippen molar-refractivity contribution in [1.82, 2.24) is 0 Å². The molecule has 0 aliphatic rings. The summed E-state index contributed by atoms with van der Waals surface area (Å²) in [6.45, 7) is 2.23. The average Bonchev–Trinajstić information content (AvgIpc) is 2.56. The van der Waals surface area contributed by atoms with E-state index in [2.05, 4.69) is 55.5 Å². The SMILES string of the molecule is CCCCC/C=C\C/C=C\C/C=C\C/C=C\CCCC(=O)O.O=P(O)(O)O. The van der Waals surface area contributed by atoms with Gasteiger partial charge in [-0.3, -0.25) is 4.79 Å². The lowest BCUT2D eigenvalue weighted by Crippen LogP contribution is -1.92. The van der Waals surface area contributed by atoms with Gasteiger partial charge in [-0.2, -0.15) is 0 Å². The molecule has 0 saturated carbocycles. The molecule has 0 atom stereocenters. The van der Waals surface area contributed by atoms with Crippen molar-refractivity contribution in [3.63, 3.8) is 0 Å². The van der Waals surface area contributed by atoms with Gasteiger partial charge in [-0.1, -0.05) is 68.4 Å². The molecule has 0 radical (unpaired) electrons. The zero-order valence-corrected chi connectivity index (χ0v) is 17.1. The number of carboxylic acids is 1. The van der Waals surface area contributed by atoms with Crippen LogP contribution in [-0.2, 0) is 9.36 Å². The van der Waals surface area contributed by atoms with E-state index in [-0.39, 0.29) is 6.42 Å². The van der Waals surface area contributed by atoms with Gasteiger partial charge in [0, 0.05) is 6.42 Å². The Bertz CT molecular complexity index is 494. The highest BCUT2D eigenvalue weighted by molar-refractivity contribution is 7.45. The minimum Gasteiger partial charge on any atom is -0.481 e. The van der Waals surface area contributed by atoms with E-state index in [4.69, 9.17) is 24.4 Å². The van der Waals surface area contributed by atoms with E-state index in [0.29, 0.717) is 0 Å². The van der Waals surface area contributed by atoms with Crippen LogP contribution in [0.1, 0.15) is 71.1 Å². The van der Waals surface area contributed by atoms with E-state index in [1.165, 1.54) is 25.7 Å². The molecule has 4 N–H and O–H groups in total. The number of rotatable bonds is 14. The van der Waals surface area contributed by atoms with Crippen LogP contribution in [0.2, 0.25) is 0 Å². The summed E-state index contributed by atoms with van der Waals surface area (Å²) in [5.41, 5.74) is 0. The van der Waals surface area contributed by atoms with Gasteiger partial charge in [0.05, 0.1) is 0 Å². The Kier molecular flexibility index (Phi) is 21.4. The Labute approximate surface area is 163 Å². The molecule has 0 spiro atoms. The standard InChI is InChI=1S/C20H32O2.H3O4P/c1-2-3-4-5-6-7-8-9-10-11-12-13-14-15-16-17-18-19-20(21)22;1-5(2,3)4/h6-7,9-10,12-13,15-16H,2-5,8,11,14,17-19H2,1H3,(H,21,22);(H3,1,2,3,4)/b7-6-,10-9-,13-12-,16-15-;. The zero-order valence-electron chi connectivity index (χ0n) is 16.2. The Morgan fingerprint density at radius 1 is 0.741 bits per heavy atom. The summed E-state index contributed by atoms with van der Waals surface area (Å²) >= 11 is 0. The van der Waals surface area contributed by atoms with Crippen molar-refractivity contribution < 1.29 is 29.1 Å². The van der Waals surface area contributed by atoms with Gasteiger partial charge in [0.2, 0.25) is 0 Å². The predicted molar refractivity (Wildman–Crippen MR) is 110 cm³/mol. The predicted octanol–water partition coefficient (Wildman–Crippen LogP) is 5.29. The number of phosphoric acid groups is 1. The van der Waals surface area contributed by atoms with Gasteiger partial charge in [-0.25, -0.2) is 4.57 Å². The van der Waals surface area contributed by atoms with Crippen molar-refractivity contribution in [3.8, 4) is 0 Å². The topological polar surface area (TPSA) is 115 Å². The summed E-state index contributed by atoms with van der Waals surface area (Å²) in [6.07, 6.45) is 27.3. The fraction of sp³-hybridized carbons (Fsp3) is 0.550. The fourth-order valence-corrected chi connectivity index (χ4v) is 1.93. The Morgan fingerprint density at radius 2 is 1.11 bits per heavy atom. The van der Waals surface area contributed by atoms with Crippen molar-refractivity contribution in [2.24, 2.45) is 0 Å². The summed E-state index contributed by atoms with van der Waals surface area (Å²) in [4.78, 5) is 31.9. The maximum Gasteiger partial charge on any atom is 0.466 e. The Morgan fingerprint density at radius 3 is 1.48 bits per heavy atom. The molecule has 7 heteroatoms. The summed E-state index contributed by atoms with van der Waals surface area (Å²) in [5.74, 6) is -0.712. The minimum absolute atomic E-state index is 0.262. The van der Waals surface area contributed by atoms with Gasteiger partial charge >= 0.3 is 13.8 Å². The van der Waals surface area contributed by atoms with E-state index in [1.807, 2.05) is 0 Å². The number of carbonyl (C=O) groups is 1. The highest BCUT2D eigenvalue weighted by Crippen LogP contribution is 2.25. The summed E-state index contributed by atoms with van der Waals surface area (Å²) < 4.78 is 8.88. The number of aliphatic carboxylic acids is 1. The molecule has 6 nitrogen and oxygen atoms in total. The van der Waals surface area contributed by atoms with Gasteiger partial charge in [-0.15, -0.1) is 0 Å². The van der Waals surface area contributed by atoms with Crippen molar-refractivity contribution in [2.45, 2.75) is 71.1 Å². The van der Waals surface area contributed by atoms with Gasteiger partial charge in [0.25, 0.3) is 0 Å². The third kappa shape index (κ3) is 40.5. The number of allylic oxidation sites excluding steroid dienone is 8. The van der Waals surface area contributed by atoms with Gasteiger partial charge in [0.15, 0.2) is 0 Å². The van der Waals surface area contributed by atoms with Crippen molar-refractivity contribution >= 4 is 13.8 Å². The minimum atomic E-state index is -4.64. The Balaban J connectivity index is 0. The molecule has 0 aliphatic heterocycles. The first-order valence-corrected chi connectivity index (χ1v) is 10.9. The highest BCUT2D eigenvalue weighted by Gasteiger charge is 2.00. The Hall–Kier alpha value is -1.46. The lowest BCUT2D eigenvalue weighted by molar-refractivity contribution is -0.137. The molecule has 0 aromatic rings. The van der Waals surface area contributed by atoms with Crippen LogP contribution in [0.4, 0.5) is 0 Å². The van der Waals surface area contributed by atoms with Crippen molar-refractivity contribution in [1.29, 1.82) is 0 Å². The number of hydrogen-bond acceptors (Lipinski definition) is 2. The summed E-state index contributed by atoms with van der Waals surface area (Å²) in [6, 6.07) is 0. The first-order valence-electron chi connectivity index (χ1n) is 9.37. The summed E-state index contributed by atoms with van der Waals surface area (Å²) in [5, 5.41) is 8.49. The van der Waals surface area contributed by atoms with Crippen LogP contribution in [0.15, 0.2) is 48.6 Å². The van der Waals surface area contributed by atoms with Gasteiger partial charge in [0.1, 0.15) is 0 Å². The molecule has 0 amide bonds. The number of unbranched alkanes of at least 4 members (excludes halogenated alkanes) is 4. The molecule has 0 aromatic carbocycles. The van der Waals surface area contributed by atoms with Gasteiger partial charge in [-0.05, 0) is 44.9 Å². The molecule has 0 rings (SSSR count).